The zero-order valence-electron chi connectivity index (χ0n) is 10.5. The molecule has 2 rings (SSSR count). The van der Waals surface area contributed by atoms with Crippen LogP contribution < -0.4 is 11.5 Å². The van der Waals surface area contributed by atoms with E-state index in [1.165, 1.54) is 19.4 Å². The first-order chi connectivity index (χ1) is 8.19. The lowest BCUT2D eigenvalue weighted by molar-refractivity contribution is -0.119. The number of nitrogens with zero attached hydrogens (tertiary/aromatic N) is 2. The van der Waals surface area contributed by atoms with Crippen molar-refractivity contribution in [3.8, 4) is 0 Å². The van der Waals surface area contributed by atoms with Crippen LogP contribution in [-0.2, 0) is 4.79 Å². The average Bonchev–Trinajstić information content (AvgIpc) is 3.11. The zero-order chi connectivity index (χ0) is 12.3. The zero-order valence-corrected chi connectivity index (χ0v) is 10.5. The van der Waals surface area contributed by atoms with Gasteiger partial charge in [0.2, 0.25) is 5.91 Å². The van der Waals surface area contributed by atoms with Gasteiger partial charge in [-0.15, -0.1) is 0 Å². The highest BCUT2D eigenvalue weighted by molar-refractivity contribution is 5.74. The standard InChI is InChI=1S/C12H24N4O/c13-8-11(7-12(14)17)16-5-3-15(4-6-16)9-10-1-2-10/h10-11H,1-9,13H2,(H2,14,17). The van der Waals surface area contributed by atoms with Crippen molar-refractivity contribution in [3.63, 3.8) is 0 Å². The van der Waals surface area contributed by atoms with Crippen molar-refractivity contribution in [1.82, 2.24) is 9.80 Å². The van der Waals surface area contributed by atoms with E-state index in [1.54, 1.807) is 0 Å². The minimum absolute atomic E-state index is 0.135. The fraction of sp³-hybridized carbons (Fsp3) is 0.917. The number of carbonyl (C=O) groups excluding carboxylic acids is 1. The topological polar surface area (TPSA) is 75.6 Å². The van der Waals surface area contributed by atoms with Crippen LogP contribution in [0.1, 0.15) is 19.3 Å². The third-order valence-electron chi connectivity index (χ3n) is 3.85. The summed E-state index contributed by atoms with van der Waals surface area (Å²) < 4.78 is 0. The van der Waals surface area contributed by atoms with E-state index < -0.39 is 0 Å². The summed E-state index contributed by atoms with van der Waals surface area (Å²) in [7, 11) is 0. The van der Waals surface area contributed by atoms with Gasteiger partial charge in [0.05, 0.1) is 0 Å². The largest absolute Gasteiger partial charge is 0.370 e. The van der Waals surface area contributed by atoms with Crippen LogP contribution in [0.5, 0.6) is 0 Å². The maximum atomic E-state index is 11.0. The van der Waals surface area contributed by atoms with Crippen LogP contribution in [0.15, 0.2) is 0 Å². The number of nitrogens with two attached hydrogens (primary N) is 2. The van der Waals surface area contributed by atoms with E-state index in [4.69, 9.17) is 11.5 Å². The van der Waals surface area contributed by atoms with Gasteiger partial charge in [-0.2, -0.15) is 0 Å². The number of primary amides is 1. The first-order valence-electron chi connectivity index (χ1n) is 6.64. The van der Waals surface area contributed by atoms with Gasteiger partial charge in [0.1, 0.15) is 0 Å². The molecule has 1 aliphatic heterocycles. The predicted octanol–water partition coefficient (Wildman–Crippen LogP) is -0.783. The minimum atomic E-state index is -0.249. The SMILES string of the molecule is NCC(CC(N)=O)N1CCN(CC2CC2)CC1. The Morgan fingerprint density at radius 3 is 2.35 bits per heavy atom. The first kappa shape index (κ1) is 12.8. The lowest BCUT2D eigenvalue weighted by Crippen LogP contribution is -2.53. The van der Waals surface area contributed by atoms with Crippen LogP contribution in [0.4, 0.5) is 0 Å². The number of carbonyl (C=O) groups is 1. The fourth-order valence-electron chi connectivity index (χ4n) is 2.57. The molecule has 0 spiro atoms. The van der Waals surface area contributed by atoms with Gasteiger partial charge < -0.3 is 16.4 Å². The van der Waals surface area contributed by atoms with E-state index in [2.05, 4.69) is 9.80 Å². The summed E-state index contributed by atoms with van der Waals surface area (Å²) in [5.74, 6) is 0.707. The van der Waals surface area contributed by atoms with Crippen LogP contribution in [0.25, 0.3) is 0 Å². The average molecular weight is 240 g/mol. The summed E-state index contributed by atoms with van der Waals surface area (Å²) >= 11 is 0. The Labute approximate surface area is 103 Å². The van der Waals surface area contributed by atoms with Gasteiger partial charge in [-0.25, -0.2) is 0 Å². The van der Waals surface area contributed by atoms with Gasteiger partial charge in [-0.1, -0.05) is 0 Å². The molecule has 5 nitrogen and oxygen atoms in total. The normalized spacial score (nSPS) is 24.8. The van der Waals surface area contributed by atoms with Crippen molar-refractivity contribution in [3.05, 3.63) is 0 Å². The maximum Gasteiger partial charge on any atom is 0.219 e. The van der Waals surface area contributed by atoms with E-state index in [0.29, 0.717) is 13.0 Å². The summed E-state index contributed by atoms with van der Waals surface area (Å²) in [5, 5.41) is 0. The predicted molar refractivity (Wildman–Crippen MR) is 67.4 cm³/mol. The molecule has 0 aromatic carbocycles. The van der Waals surface area contributed by atoms with Gasteiger partial charge in [0.25, 0.3) is 0 Å². The van der Waals surface area contributed by atoms with Crippen LogP contribution in [0.2, 0.25) is 0 Å². The summed E-state index contributed by atoms with van der Waals surface area (Å²) in [6, 6.07) is 0.135. The molecule has 1 aliphatic carbocycles. The van der Waals surface area contributed by atoms with Gasteiger partial charge >= 0.3 is 0 Å². The molecule has 0 bridgehead atoms. The van der Waals surface area contributed by atoms with E-state index in [0.717, 1.165) is 32.1 Å². The summed E-state index contributed by atoms with van der Waals surface area (Å²) in [4.78, 5) is 15.8. The Hall–Kier alpha value is -0.650. The Morgan fingerprint density at radius 2 is 1.88 bits per heavy atom. The third-order valence-corrected chi connectivity index (χ3v) is 3.85. The van der Waals surface area contributed by atoms with E-state index in [9.17, 15) is 4.79 Å². The fourth-order valence-corrected chi connectivity index (χ4v) is 2.57. The van der Waals surface area contributed by atoms with Crippen LogP contribution in [0, 0.1) is 5.92 Å². The van der Waals surface area contributed by atoms with Crippen LogP contribution >= 0.6 is 0 Å². The van der Waals surface area contributed by atoms with E-state index in [1.807, 2.05) is 0 Å². The molecular weight excluding hydrogens is 216 g/mol. The lowest BCUT2D eigenvalue weighted by Gasteiger charge is -2.38. The molecule has 1 heterocycles. The Kier molecular flexibility index (Phi) is 4.36. The smallest absolute Gasteiger partial charge is 0.219 e. The van der Waals surface area contributed by atoms with Crippen molar-refractivity contribution in [2.24, 2.45) is 17.4 Å². The molecule has 4 N–H and O–H groups in total. The highest BCUT2D eigenvalue weighted by atomic mass is 16.1. The number of rotatable bonds is 6. The molecule has 0 radical (unpaired) electrons. The minimum Gasteiger partial charge on any atom is -0.370 e. The summed E-state index contributed by atoms with van der Waals surface area (Å²) in [5.41, 5.74) is 11.0. The van der Waals surface area contributed by atoms with Crippen molar-refractivity contribution in [2.45, 2.75) is 25.3 Å². The van der Waals surface area contributed by atoms with Gasteiger partial charge in [-0.05, 0) is 18.8 Å². The molecule has 2 fully saturated rings. The maximum absolute atomic E-state index is 11.0. The first-order valence-corrected chi connectivity index (χ1v) is 6.64. The molecule has 5 heteroatoms. The molecule has 1 amide bonds. The molecule has 1 atom stereocenters. The van der Waals surface area contributed by atoms with Gasteiger partial charge in [0, 0.05) is 51.7 Å². The molecule has 98 valence electrons. The Balaban J connectivity index is 1.73. The Bertz CT molecular complexity index is 259. The highest BCUT2D eigenvalue weighted by Gasteiger charge is 2.28. The molecular formula is C12H24N4O. The van der Waals surface area contributed by atoms with E-state index in [-0.39, 0.29) is 11.9 Å². The second-order valence-electron chi connectivity index (χ2n) is 5.34. The van der Waals surface area contributed by atoms with Gasteiger partial charge in [0.15, 0.2) is 0 Å². The number of hydrogen-bond acceptors (Lipinski definition) is 4. The second-order valence-corrected chi connectivity index (χ2v) is 5.34. The number of piperazine rings is 1. The molecule has 2 aliphatic rings. The highest BCUT2D eigenvalue weighted by Crippen LogP contribution is 2.30. The molecule has 1 unspecified atom stereocenters. The monoisotopic (exact) mass is 240 g/mol. The molecule has 17 heavy (non-hydrogen) atoms. The Morgan fingerprint density at radius 1 is 1.24 bits per heavy atom. The van der Waals surface area contributed by atoms with Crippen molar-refractivity contribution in [1.29, 1.82) is 0 Å². The van der Waals surface area contributed by atoms with Gasteiger partial charge in [-0.3, -0.25) is 9.69 Å². The van der Waals surface area contributed by atoms with Crippen molar-refractivity contribution in [2.75, 3.05) is 39.3 Å². The number of hydrogen-bond donors (Lipinski definition) is 2. The number of amides is 1. The molecule has 1 saturated heterocycles. The van der Waals surface area contributed by atoms with Crippen molar-refractivity contribution >= 4 is 5.91 Å². The van der Waals surface area contributed by atoms with Crippen LogP contribution in [0.3, 0.4) is 0 Å². The third kappa shape index (κ3) is 3.94. The molecule has 1 saturated carbocycles. The summed E-state index contributed by atoms with van der Waals surface area (Å²) in [6.45, 7) is 6.02. The lowest BCUT2D eigenvalue weighted by atomic mass is 10.1. The summed E-state index contributed by atoms with van der Waals surface area (Å²) in [6.07, 6.45) is 3.21. The van der Waals surface area contributed by atoms with E-state index >= 15 is 0 Å². The molecule has 0 aromatic heterocycles. The molecule has 0 aromatic rings. The quantitative estimate of drug-likeness (QED) is 0.638. The van der Waals surface area contributed by atoms with Crippen molar-refractivity contribution < 1.29 is 4.79 Å². The van der Waals surface area contributed by atoms with Crippen LogP contribution in [-0.4, -0.2) is 61.0 Å². The second kappa shape index (κ2) is 5.80.